The molecule has 184 valence electrons. The fourth-order valence-electron chi connectivity index (χ4n) is 4.89. The van der Waals surface area contributed by atoms with E-state index in [1.54, 1.807) is 32.1 Å². The van der Waals surface area contributed by atoms with Crippen LogP contribution >= 0.6 is 0 Å². The van der Waals surface area contributed by atoms with Gasteiger partial charge in [0, 0.05) is 29.5 Å². The van der Waals surface area contributed by atoms with E-state index in [1.165, 1.54) is 6.07 Å². The van der Waals surface area contributed by atoms with Gasteiger partial charge in [-0.25, -0.2) is 0 Å². The number of aromatic hydroxyl groups is 1. The Labute approximate surface area is 199 Å². The minimum Gasteiger partial charge on any atom is -0.508 e. The molecule has 7 atom stereocenters. The summed E-state index contributed by atoms with van der Waals surface area (Å²) in [5.41, 5.74) is 2.14. The molecular weight excluding hydrogens is 438 g/mol. The molecule has 1 aromatic rings. The van der Waals surface area contributed by atoms with E-state index >= 15 is 0 Å². The van der Waals surface area contributed by atoms with Crippen LogP contribution in [0.2, 0.25) is 0 Å². The van der Waals surface area contributed by atoms with Gasteiger partial charge < -0.3 is 29.7 Å². The third-order valence-corrected chi connectivity index (χ3v) is 6.99. The zero-order valence-corrected chi connectivity index (χ0v) is 20.2. The van der Waals surface area contributed by atoms with E-state index in [1.807, 2.05) is 20.8 Å². The van der Waals surface area contributed by atoms with Crippen molar-refractivity contribution < 1.29 is 34.0 Å². The van der Waals surface area contributed by atoms with Gasteiger partial charge in [0.25, 0.3) is 0 Å². The van der Waals surface area contributed by atoms with Crippen molar-refractivity contribution >= 4 is 17.4 Å². The molecule has 3 aliphatic rings. The number of carbonyl (C=O) groups is 2. The molecule has 3 N–H and O–H groups in total. The standard InChI is InChI=1S/C26H33NO7/c1-6-16-9-12(2)23-14(4)24(33-21-8-7-20(29)15(5)32-21)18-10-17(28)11-19(25(18)34-23)27-26(31)13(3)22(16)30/h6,9-11,13-15,20-21,23-24,28-29H,7-8H2,1-5H3,(H,27,31)/b12-9+,16-6-/t13?,14-,15?,20-,21+,23-,24+/m1/s1. The number of aliphatic hydroxyl groups is 1. The number of benzene rings is 1. The number of anilines is 1. The molecule has 0 saturated carbocycles. The fraction of sp³-hybridized carbons (Fsp3) is 0.538. The third-order valence-electron chi connectivity index (χ3n) is 6.99. The summed E-state index contributed by atoms with van der Waals surface area (Å²) in [5.74, 6) is -1.55. The molecule has 4 rings (SSSR count). The number of allylic oxidation sites excluding steroid dienone is 3. The van der Waals surface area contributed by atoms with Gasteiger partial charge in [0.05, 0.1) is 29.9 Å². The Kier molecular flexibility index (Phi) is 6.85. The summed E-state index contributed by atoms with van der Waals surface area (Å²) < 4.78 is 18.7. The average Bonchev–Trinajstić information content (AvgIpc) is 2.80. The SMILES string of the molecule is C/C=C1/C=C(\C)[C@H]2Oc3c(cc(O)cc3[C@@H](O[C@H]3CC[C@@H](O)C(C)O3)[C@@H]2C)NC(=O)C(C)C1=O. The predicted octanol–water partition coefficient (Wildman–Crippen LogP) is 3.78. The number of aliphatic hydroxyl groups excluding tert-OH is 1. The minimum atomic E-state index is -0.917. The summed E-state index contributed by atoms with van der Waals surface area (Å²) in [4.78, 5) is 25.9. The van der Waals surface area contributed by atoms with Gasteiger partial charge in [-0.15, -0.1) is 0 Å². The maximum Gasteiger partial charge on any atom is 0.235 e. The molecule has 0 spiro atoms. The first-order valence-electron chi connectivity index (χ1n) is 11.8. The molecule has 1 amide bonds. The number of hydrogen-bond acceptors (Lipinski definition) is 7. The van der Waals surface area contributed by atoms with E-state index < -0.39 is 36.4 Å². The van der Waals surface area contributed by atoms with Gasteiger partial charge >= 0.3 is 0 Å². The quantitative estimate of drug-likeness (QED) is 0.444. The Hall–Kier alpha value is -2.68. The summed E-state index contributed by atoms with van der Waals surface area (Å²) >= 11 is 0. The second-order valence-electron chi connectivity index (χ2n) is 9.49. The number of rotatable bonds is 2. The first-order valence-corrected chi connectivity index (χ1v) is 11.8. The number of ketones is 1. The molecule has 1 saturated heterocycles. The van der Waals surface area contributed by atoms with Gasteiger partial charge in [0.1, 0.15) is 17.6 Å². The first kappa shape index (κ1) is 24.4. The lowest BCUT2D eigenvalue weighted by molar-refractivity contribution is -0.247. The smallest absolute Gasteiger partial charge is 0.235 e. The molecule has 34 heavy (non-hydrogen) atoms. The van der Waals surface area contributed by atoms with Crippen molar-refractivity contribution in [2.75, 3.05) is 5.32 Å². The average molecular weight is 472 g/mol. The number of ether oxygens (including phenoxy) is 3. The molecule has 1 aromatic carbocycles. The molecular formula is C26H33NO7. The second-order valence-corrected chi connectivity index (χ2v) is 9.49. The topological polar surface area (TPSA) is 114 Å². The normalized spacial score (nSPS) is 36.7. The number of nitrogens with one attached hydrogen (secondary N) is 1. The van der Waals surface area contributed by atoms with Crippen LogP contribution in [0.15, 0.2) is 35.4 Å². The van der Waals surface area contributed by atoms with Crippen LogP contribution in [0.1, 0.15) is 59.1 Å². The highest BCUT2D eigenvalue weighted by molar-refractivity contribution is 6.14. The van der Waals surface area contributed by atoms with Gasteiger partial charge in [-0.2, -0.15) is 0 Å². The highest BCUT2D eigenvalue weighted by Crippen LogP contribution is 2.49. The third kappa shape index (κ3) is 4.50. The van der Waals surface area contributed by atoms with Crippen molar-refractivity contribution in [3.63, 3.8) is 0 Å². The van der Waals surface area contributed by atoms with Crippen LogP contribution < -0.4 is 10.1 Å². The molecule has 1 fully saturated rings. The Morgan fingerprint density at radius 2 is 1.91 bits per heavy atom. The molecule has 0 aromatic heterocycles. The zero-order chi connectivity index (χ0) is 24.7. The number of carbonyl (C=O) groups excluding carboxylic acids is 2. The van der Waals surface area contributed by atoms with Gasteiger partial charge in [-0.3, -0.25) is 9.59 Å². The van der Waals surface area contributed by atoms with E-state index in [2.05, 4.69) is 5.32 Å². The fourth-order valence-corrected chi connectivity index (χ4v) is 4.89. The first-order chi connectivity index (χ1) is 16.1. The number of Topliss-reactive ketones (excluding diaryl/α,β-unsaturated/α-hetero) is 1. The number of phenols is 1. The van der Waals surface area contributed by atoms with Crippen molar-refractivity contribution in [1.82, 2.24) is 0 Å². The molecule has 8 heteroatoms. The van der Waals surface area contributed by atoms with Crippen LogP contribution in [0.3, 0.4) is 0 Å². The highest BCUT2D eigenvalue weighted by atomic mass is 16.7. The van der Waals surface area contributed by atoms with Crippen LogP contribution in [0.5, 0.6) is 11.5 Å². The Morgan fingerprint density at radius 1 is 1.18 bits per heavy atom. The number of amides is 1. The van der Waals surface area contributed by atoms with Crippen LogP contribution in [-0.2, 0) is 19.1 Å². The lowest BCUT2D eigenvalue weighted by Gasteiger charge is -2.42. The van der Waals surface area contributed by atoms with E-state index in [9.17, 15) is 19.8 Å². The molecule has 0 radical (unpaired) electrons. The Balaban J connectivity index is 1.81. The summed E-state index contributed by atoms with van der Waals surface area (Å²) in [6.45, 7) is 9.02. The van der Waals surface area contributed by atoms with Crippen LogP contribution in [0, 0.1) is 11.8 Å². The van der Waals surface area contributed by atoms with Crippen molar-refractivity contribution in [2.24, 2.45) is 11.8 Å². The van der Waals surface area contributed by atoms with E-state index in [-0.39, 0.29) is 29.2 Å². The largest absolute Gasteiger partial charge is 0.508 e. The monoisotopic (exact) mass is 471 g/mol. The summed E-state index contributed by atoms with van der Waals surface area (Å²) in [5, 5.41) is 23.3. The number of hydrogen-bond donors (Lipinski definition) is 3. The van der Waals surface area contributed by atoms with Gasteiger partial charge in [-0.1, -0.05) is 13.0 Å². The maximum atomic E-state index is 13.0. The van der Waals surface area contributed by atoms with Crippen molar-refractivity contribution in [1.29, 1.82) is 0 Å². The highest BCUT2D eigenvalue weighted by Gasteiger charge is 2.42. The van der Waals surface area contributed by atoms with Crippen molar-refractivity contribution in [3.05, 3.63) is 41.0 Å². The Bertz CT molecular complexity index is 1050. The van der Waals surface area contributed by atoms with Crippen LogP contribution in [-0.4, -0.2) is 46.5 Å². The zero-order valence-electron chi connectivity index (χ0n) is 20.2. The molecule has 3 aliphatic heterocycles. The van der Waals surface area contributed by atoms with Gasteiger partial charge in [0.2, 0.25) is 5.91 Å². The molecule has 2 bridgehead atoms. The minimum absolute atomic E-state index is 0.0551. The van der Waals surface area contributed by atoms with Crippen molar-refractivity contribution in [2.45, 2.75) is 78.2 Å². The van der Waals surface area contributed by atoms with E-state index in [0.717, 1.165) is 5.57 Å². The van der Waals surface area contributed by atoms with Gasteiger partial charge in [-0.05, 0) is 51.8 Å². The lowest BCUT2D eigenvalue weighted by Crippen LogP contribution is -2.42. The number of phenolic OH excluding ortho intramolecular Hbond substituents is 1. The molecule has 8 nitrogen and oxygen atoms in total. The maximum absolute atomic E-state index is 13.0. The number of fused-ring (bicyclic) bond motifs is 1. The summed E-state index contributed by atoms with van der Waals surface area (Å²) in [6.07, 6.45) is 2.16. The van der Waals surface area contributed by atoms with Crippen LogP contribution in [0.25, 0.3) is 0 Å². The van der Waals surface area contributed by atoms with E-state index in [4.69, 9.17) is 14.2 Å². The summed E-state index contributed by atoms with van der Waals surface area (Å²) in [6, 6.07) is 3.00. The van der Waals surface area contributed by atoms with E-state index in [0.29, 0.717) is 29.7 Å². The molecule has 0 aliphatic carbocycles. The molecule has 2 unspecified atom stereocenters. The van der Waals surface area contributed by atoms with Gasteiger partial charge in [0.15, 0.2) is 12.1 Å². The molecule has 3 heterocycles. The summed E-state index contributed by atoms with van der Waals surface area (Å²) in [7, 11) is 0. The predicted molar refractivity (Wildman–Crippen MR) is 125 cm³/mol. The second kappa shape index (κ2) is 9.52. The van der Waals surface area contributed by atoms with Crippen molar-refractivity contribution in [3.8, 4) is 11.5 Å². The lowest BCUT2D eigenvalue weighted by atomic mass is 9.84. The Morgan fingerprint density at radius 3 is 2.59 bits per heavy atom. The van der Waals surface area contributed by atoms with Crippen LogP contribution in [0.4, 0.5) is 5.69 Å².